The van der Waals surface area contributed by atoms with Crippen LogP contribution in [0, 0.1) is 30.9 Å². The SMILES string of the molecule is Cc1ccc(CNc2cc(C)c(C)cc2[N+](=O)[O-])s1. The first kappa shape index (κ1) is 13.5. The first-order chi connectivity index (χ1) is 8.97. The quantitative estimate of drug-likeness (QED) is 0.672. The molecule has 2 rings (SSSR count). The van der Waals surface area contributed by atoms with Crippen LogP contribution < -0.4 is 5.32 Å². The second-order valence-electron chi connectivity index (χ2n) is 4.58. The van der Waals surface area contributed by atoms with Gasteiger partial charge in [0.25, 0.3) is 5.69 Å². The number of benzene rings is 1. The summed E-state index contributed by atoms with van der Waals surface area (Å²) in [6, 6.07) is 7.56. The number of hydrogen-bond acceptors (Lipinski definition) is 4. The fraction of sp³-hybridized carbons (Fsp3) is 0.286. The molecule has 0 aliphatic carbocycles. The third-order valence-electron chi connectivity index (χ3n) is 3.06. The molecule has 1 aromatic heterocycles. The van der Waals surface area contributed by atoms with Gasteiger partial charge < -0.3 is 5.32 Å². The van der Waals surface area contributed by atoms with Crippen LogP contribution in [0.25, 0.3) is 0 Å². The molecule has 0 aliphatic rings. The van der Waals surface area contributed by atoms with E-state index in [1.165, 1.54) is 9.75 Å². The maximum absolute atomic E-state index is 11.1. The van der Waals surface area contributed by atoms with E-state index in [0.29, 0.717) is 12.2 Å². The number of anilines is 1. The predicted octanol–water partition coefficient (Wildman–Crippen LogP) is 4.19. The van der Waals surface area contributed by atoms with Crippen molar-refractivity contribution in [3.8, 4) is 0 Å². The van der Waals surface area contributed by atoms with Crippen molar-refractivity contribution in [3.63, 3.8) is 0 Å². The topological polar surface area (TPSA) is 55.2 Å². The third kappa shape index (κ3) is 3.12. The maximum Gasteiger partial charge on any atom is 0.292 e. The minimum absolute atomic E-state index is 0.136. The van der Waals surface area contributed by atoms with Gasteiger partial charge in [-0.15, -0.1) is 11.3 Å². The van der Waals surface area contributed by atoms with Gasteiger partial charge in [-0.25, -0.2) is 0 Å². The predicted molar refractivity (Wildman–Crippen MR) is 79.0 cm³/mol. The van der Waals surface area contributed by atoms with Crippen molar-refractivity contribution in [3.05, 3.63) is 55.3 Å². The normalized spacial score (nSPS) is 10.5. The zero-order valence-corrected chi connectivity index (χ0v) is 12.0. The van der Waals surface area contributed by atoms with Crippen molar-refractivity contribution in [2.75, 3.05) is 5.32 Å². The lowest BCUT2D eigenvalue weighted by atomic mass is 10.1. The third-order valence-corrected chi connectivity index (χ3v) is 4.06. The molecule has 100 valence electrons. The summed E-state index contributed by atoms with van der Waals surface area (Å²) in [5.41, 5.74) is 2.70. The van der Waals surface area contributed by atoms with E-state index in [4.69, 9.17) is 0 Å². The van der Waals surface area contributed by atoms with E-state index in [9.17, 15) is 10.1 Å². The molecule has 1 heterocycles. The number of nitro groups is 1. The standard InChI is InChI=1S/C14H16N2O2S/c1-9-6-13(14(16(17)18)7-10(9)2)15-8-12-5-4-11(3)19-12/h4-7,15H,8H2,1-3H3. The zero-order valence-electron chi connectivity index (χ0n) is 11.2. The number of aryl methyl sites for hydroxylation is 3. The summed E-state index contributed by atoms with van der Waals surface area (Å²) in [5.74, 6) is 0. The summed E-state index contributed by atoms with van der Waals surface area (Å²) < 4.78 is 0. The van der Waals surface area contributed by atoms with Gasteiger partial charge in [0.2, 0.25) is 0 Å². The van der Waals surface area contributed by atoms with Gasteiger partial charge in [-0.05, 0) is 50.1 Å². The Balaban J connectivity index is 2.23. The molecule has 5 heteroatoms. The van der Waals surface area contributed by atoms with Gasteiger partial charge in [-0.2, -0.15) is 0 Å². The van der Waals surface area contributed by atoms with Crippen molar-refractivity contribution in [2.24, 2.45) is 0 Å². The molecule has 0 radical (unpaired) electrons. The Kier molecular flexibility index (Phi) is 3.85. The van der Waals surface area contributed by atoms with Gasteiger partial charge in [-0.1, -0.05) is 0 Å². The van der Waals surface area contributed by atoms with Crippen LogP contribution in [0.3, 0.4) is 0 Å². The molecule has 0 unspecified atom stereocenters. The van der Waals surface area contributed by atoms with Gasteiger partial charge in [0.1, 0.15) is 5.69 Å². The van der Waals surface area contributed by atoms with Crippen molar-refractivity contribution in [1.29, 1.82) is 0 Å². The molecule has 0 amide bonds. The van der Waals surface area contributed by atoms with E-state index < -0.39 is 0 Å². The van der Waals surface area contributed by atoms with Crippen molar-refractivity contribution in [1.82, 2.24) is 0 Å². The molecular weight excluding hydrogens is 260 g/mol. The molecule has 2 aromatic rings. The minimum Gasteiger partial charge on any atom is -0.375 e. The molecular formula is C14H16N2O2S. The van der Waals surface area contributed by atoms with Crippen molar-refractivity contribution >= 4 is 22.7 Å². The molecule has 0 aliphatic heterocycles. The van der Waals surface area contributed by atoms with E-state index in [1.54, 1.807) is 17.4 Å². The van der Waals surface area contributed by atoms with Crippen LogP contribution in [0.4, 0.5) is 11.4 Å². The van der Waals surface area contributed by atoms with Crippen LogP contribution >= 0.6 is 11.3 Å². The highest BCUT2D eigenvalue weighted by Gasteiger charge is 2.15. The number of nitro benzene ring substituents is 1. The Hall–Kier alpha value is -1.88. The van der Waals surface area contributed by atoms with Crippen LogP contribution in [0.5, 0.6) is 0 Å². The molecule has 0 fully saturated rings. The average molecular weight is 276 g/mol. The summed E-state index contributed by atoms with van der Waals surface area (Å²) in [5, 5.41) is 14.2. The number of nitrogens with zero attached hydrogens (tertiary/aromatic N) is 1. The second kappa shape index (κ2) is 5.40. The number of nitrogens with one attached hydrogen (secondary N) is 1. The molecule has 19 heavy (non-hydrogen) atoms. The summed E-state index contributed by atoms with van der Waals surface area (Å²) in [7, 11) is 0. The van der Waals surface area contributed by atoms with Gasteiger partial charge in [-0.3, -0.25) is 10.1 Å². The monoisotopic (exact) mass is 276 g/mol. The second-order valence-corrected chi connectivity index (χ2v) is 5.95. The fourth-order valence-electron chi connectivity index (χ4n) is 1.86. The Labute approximate surface area is 116 Å². The Morgan fingerprint density at radius 2 is 1.89 bits per heavy atom. The molecule has 0 saturated carbocycles. The number of rotatable bonds is 4. The highest BCUT2D eigenvalue weighted by molar-refractivity contribution is 7.11. The van der Waals surface area contributed by atoms with Crippen molar-refractivity contribution < 1.29 is 4.92 Å². The van der Waals surface area contributed by atoms with E-state index in [1.807, 2.05) is 32.9 Å². The Morgan fingerprint density at radius 3 is 2.47 bits per heavy atom. The van der Waals surface area contributed by atoms with Crippen LogP contribution in [0.2, 0.25) is 0 Å². The minimum atomic E-state index is -0.339. The van der Waals surface area contributed by atoms with Gasteiger partial charge >= 0.3 is 0 Å². The first-order valence-electron chi connectivity index (χ1n) is 6.02. The van der Waals surface area contributed by atoms with E-state index in [0.717, 1.165) is 11.1 Å². The largest absolute Gasteiger partial charge is 0.375 e. The molecule has 1 N–H and O–H groups in total. The fourth-order valence-corrected chi connectivity index (χ4v) is 2.69. The van der Waals surface area contributed by atoms with E-state index in [-0.39, 0.29) is 10.6 Å². The summed E-state index contributed by atoms with van der Waals surface area (Å²) in [6.07, 6.45) is 0. The van der Waals surface area contributed by atoms with E-state index >= 15 is 0 Å². The van der Waals surface area contributed by atoms with Gasteiger partial charge in [0.15, 0.2) is 0 Å². The van der Waals surface area contributed by atoms with Crippen LogP contribution in [0.1, 0.15) is 20.9 Å². The maximum atomic E-state index is 11.1. The lowest BCUT2D eigenvalue weighted by Gasteiger charge is -2.09. The Bertz CT molecular complexity index is 620. The van der Waals surface area contributed by atoms with Crippen LogP contribution in [-0.4, -0.2) is 4.92 Å². The van der Waals surface area contributed by atoms with Crippen LogP contribution in [0.15, 0.2) is 24.3 Å². The smallest absolute Gasteiger partial charge is 0.292 e. The zero-order chi connectivity index (χ0) is 14.0. The number of hydrogen-bond donors (Lipinski definition) is 1. The van der Waals surface area contributed by atoms with E-state index in [2.05, 4.69) is 11.4 Å². The first-order valence-corrected chi connectivity index (χ1v) is 6.84. The molecule has 4 nitrogen and oxygen atoms in total. The molecule has 0 bridgehead atoms. The van der Waals surface area contributed by atoms with Crippen molar-refractivity contribution in [2.45, 2.75) is 27.3 Å². The average Bonchev–Trinajstić information content (AvgIpc) is 2.76. The number of thiophene rings is 1. The summed E-state index contributed by atoms with van der Waals surface area (Å²) in [6.45, 7) is 6.50. The highest BCUT2D eigenvalue weighted by atomic mass is 32.1. The summed E-state index contributed by atoms with van der Waals surface area (Å²) >= 11 is 1.70. The molecule has 0 atom stereocenters. The Morgan fingerprint density at radius 1 is 1.21 bits per heavy atom. The molecule has 0 spiro atoms. The lowest BCUT2D eigenvalue weighted by Crippen LogP contribution is -2.02. The molecule has 1 aromatic carbocycles. The highest BCUT2D eigenvalue weighted by Crippen LogP contribution is 2.28. The van der Waals surface area contributed by atoms with Gasteiger partial charge in [0.05, 0.1) is 4.92 Å². The molecule has 0 saturated heterocycles. The summed E-state index contributed by atoms with van der Waals surface area (Å²) in [4.78, 5) is 13.1. The van der Waals surface area contributed by atoms with Gasteiger partial charge in [0, 0.05) is 22.4 Å². The van der Waals surface area contributed by atoms with Crippen LogP contribution in [-0.2, 0) is 6.54 Å². The lowest BCUT2D eigenvalue weighted by molar-refractivity contribution is -0.384.